The van der Waals surface area contributed by atoms with E-state index in [0.717, 1.165) is 19.6 Å². The summed E-state index contributed by atoms with van der Waals surface area (Å²) >= 11 is 5.92. The van der Waals surface area contributed by atoms with Gasteiger partial charge in [0.25, 0.3) is 0 Å². The van der Waals surface area contributed by atoms with E-state index in [1.807, 2.05) is 12.1 Å². The van der Waals surface area contributed by atoms with Crippen molar-refractivity contribution in [2.45, 2.75) is 38.9 Å². The van der Waals surface area contributed by atoms with Crippen LogP contribution in [0, 0.1) is 0 Å². The van der Waals surface area contributed by atoms with Gasteiger partial charge in [-0.05, 0) is 32.9 Å². The van der Waals surface area contributed by atoms with Crippen LogP contribution >= 0.6 is 11.6 Å². The molecule has 1 aromatic carbocycles. The van der Waals surface area contributed by atoms with Gasteiger partial charge in [-0.2, -0.15) is 0 Å². The molecule has 1 saturated heterocycles. The van der Waals surface area contributed by atoms with Crippen molar-refractivity contribution < 1.29 is 9.53 Å². The Bertz CT molecular complexity index is 487. The van der Waals surface area contributed by atoms with E-state index in [2.05, 4.69) is 25.7 Å². The quantitative estimate of drug-likeness (QED) is 0.797. The van der Waals surface area contributed by atoms with Gasteiger partial charge in [-0.3, -0.25) is 9.69 Å². The number of ketones is 1. The van der Waals surface area contributed by atoms with E-state index in [1.54, 1.807) is 12.1 Å². The zero-order chi connectivity index (χ0) is 14.8. The summed E-state index contributed by atoms with van der Waals surface area (Å²) in [5.74, 6) is 0.143. The first kappa shape index (κ1) is 15.5. The summed E-state index contributed by atoms with van der Waals surface area (Å²) in [7, 11) is 0. The average Bonchev–Trinajstić information content (AvgIpc) is 2.33. The third-order valence-corrected chi connectivity index (χ3v) is 3.68. The molecule has 0 bridgehead atoms. The van der Waals surface area contributed by atoms with Gasteiger partial charge in [0.1, 0.15) is 0 Å². The summed E-state index contributed by atoms with van der Waals surface area (Å²) in [5.41, 5.74) is 0.551. The van der Waals surface area contributed by atoms with E-state index >= 15 is 0 Å². The highest BCUT2D eigenvalue weighted by Crippen LogP contribution is 2.21. The van der Waals surface area contributed by atoms with Crippen molar-refractivity contribution >= 4 is 17.4 Å². The first-order chi connectivity index (χ1) is 9.35. The van der Waals surface area contributed by atoms with Crippen molar-refractivity contribution in [2.75, 3.05) is 19.6 Å². The maximum Gasteiger partial charge on any atom is 0.164 e. The summed E-state index contributed by atoms with van der Waals surface area (Å²) in [6.07, 6.45) is 0.725. The van der Waals surface area contributed by atoms with Gasteiger partial charge in [-0.25, -0.2) is 0 Å². The Kier molecular flexibility index (Phi) is 4.84. The Hall–Kier alpha value is -0.900. The van der Waals surface area contributed by atoms with E-state index in [9.17, 15) is 4.79 Å². The lowest BCUT2D eigenvalue weighted by atomic mass is 10.0. The molecule has 0 N–H and O–H groups in total. The molecule has 1 unspecified atom stereocenters. The van der Waals surface area contributed by atoms with Gasteiger partial charge in [0.2, 0.25) is 0 Å². The predicted octanol–water partition coefficient (Wildman–Crippen LogP) is 3.41. The number of ether oxygens (including phenoxy) is 1. The van der Waals surface area contributed by atoms with Gasteiger partial charge >= 0.3 is 0 Å². The van der Waals surface area contributed by atoms with Crippen LogP contribution in [0.4, 0.5) is 0 Å². The smallest absolute Gasteiger partial charge is 0.164 e. The highest BCUT2D eigenvalue weighted by molar-refractivity contribution is 6.31. The van der Waals surface area contributed by atoms with Crippen LogP contribution in [-0.2, 0) is 4.74 Å². The fraction of sp³-hybridized carbons (Fsp3) is 0.562. The fourth-order valence-corrected chi connectivity index (χ4v) is 3.01. The minimum Gasteiger partial charge on any atom is -0.370 e. The molecule has 1 aliphatic heterocycles. The Morgan fingerprint density at radius 3 is 2.90 bits per heavy atom. The SMILES string of the molecule is CC1CN(CCC(=O)c2cccc(Cl)c2)CC(C)(C)O1. The zero-order valence-electron chi connectivity index (χ0n) is 12.4. The van der Waals surface area contributed by atoms with Crippen LogP contribution in [0.1, 0.15) is 37.6 Å². The first-order valence-electron chi connectivity index (χ1n) is 7.05. The van der Waals surface area contributed by atoms with E-state index in [-0.39, 0.29) is 17.5 Å². The van der Waals surface area contributed by atoms with Gasteiger partial charge in [0.15, 0.2) is 5.78 Å². The van der Waals surface area contributed by atoms with Crippen LogP contribution in [-0.4, -0.2) is 42.0 Å². The monoisotopic (exact) mass is 295 g/mol. The minimum atomic E-state index is -0.142. The molecule has 20 heavy (non-hydrogen) atoms. The minimum absolute atomic E-state index is 0.142. The molecule has 110 valence electrons. The van der Waals surface area contributed by atoms with Crippen LogP contribution in [0.3, 0.4) is 0 Å². The number of nitrogens with zero attached hydrogens (tertiary/aromatic N) is 1. The average molecular weight is 296 g/mol. The Morgan fingerprint density at radius 2 is 2.25 bits per heavy atom. The summed E-state index contributed by atoms with van der Waals surface area (Å²) in [5, 5.41) is 0.608. The number of morpholine rings is 1. The Balaban J connectivity index is 1.90. The molecule has 1 atom stereocenters. The fourth-order valence-electron chi connectivity index (χ4n) is 2.82. The van der Waals surface area contributed by atoms with Crippen molar-refractivity contribution in [1.82, 2.24) is 4.90 Å². The van der Waals surface area contributed by atoms with Crippen molar-refractivity contribution in [1.29, 1.82) is 0 Å². The molecule has 0 aliphatic carbocycles. The number of carbonyl (C=O) groups excluding carboxylic acids is 1. The highest BCUT2D eigenvalue weighted by Gasteiger charge is 2.31. The number of benzene rings is 1. The molecule has 3 nitrogen and oxygen atoms in total. The van der Waals surface area contributed by atoms with E-state index < -0.39 is 0 Å². The molecule has 1 fully saturated rings. The van der Waals surface area contributed by atoms with Gasteiger partial charge in [-0.1, -0.05) is 23.7 Å². The third-order valence-electron chi connectivity index (χ3n) is 3.44. The molecule has 0 aromatic heterocycles. The molecule has 1 heterocycles. The molecular weight excluding hydrogens is 274 g/mol. The van der Waals surface area contributed by atoms with Gasteiger partial charge < -0.3 is 4.74 Å². The standard InChI is InChI=1S/C16H22ClNO2/c1-12-10-18(11-16(2,3)20-12)8-7-15(19)13-5-4-6-14(17)9-13/h4-6,9,12H,7-8,10-11H2,1-3H3. The van der Waals surface area contributed by atoms with Crippen LogP contribution in [0.5, 0.6) is 0 Å². The molecule has 4 heteroatoms. The molecule has 0 saturated carbocycles. The summed E-state index contributed by atoms with van der Waals surface area (Å²) in [6, 6.07) is 7.15. The largest absolute Gasteiger partial charge is 0.370 e. The van der Waals surface area contributed by atoms with Crippen molar-refractivity contribution in [3.05, 3.63) is 34.9 Å². The zero-order valence-corrected chi connectivity index (χ0v) is 13.1. The maximum atomic E-state index is 12.2. The molecule has 1 aromatic rings. The summed E-state index contributed by atoms with van der Waals surface area (Å²) in [4.78, 5) is 14.5. The summed E-state index contributed by atoms with van der Waals surface area (Å²) in [6.45, 7) is 8.77. The van der Waals surface area contributed by atoms with Crippen LogP contribution < -0.4 is 0 Å². The molecule has 1 aliphatic rings. The molecule has 0 amide bonds. The molecular formula is C16H22ClNO2. The molecule has 2 rings (SSSR count). The van der Waals surface area contributed by atoms with E-state index in [1.165, 1.54) is 0 Å². The normalized spacial score (nSPS) is 22.7. The van der Waals surface area contributed by atoms with Crippen LogP contribution in [0.15, 0.2) is 24.3 Å². The van der Waals surface area contributed by atoms with E-state index in [0.29, 0.717) is 17.0 Å². The number of Topliss-reactive ketones (excluding diaryl/α,β-unsaturated/α-hetero) is 1. The second-order valence-corrected chi connectivity index (χ2v) is 6.54. The number of hydrogen-bond donors (Lipinski definition) is 0. The van der Waals surface area contributed by atoms with Gasteiger partial charge in [0.05, 0.1) is 11.7 Å². The van der Waals surface area contributed by atoms with Crippen molar-refractivity contribution in [3.63, 3.8) is 0 Å². The van der Waals surface area contributed by atoms with Crippen molar-refractivity contribution in [2.24, 2.45) is 0 Å². The van der Waals surface area contributed by atoms with Crippen LogP contribution in [0.25, 0.3) is 0 Å². The second kappa shape index (κ2) is 6.25. The van der Waals surface area contributed by atoms with E-state index in [4.69, 9.17) is 16.3 Å². The second-order valence-electron chi connectivity index (χ2n) is 6.11. The Morgan fingerprint density at radius 1 is 1.50 bits per heavy atom. The lowest BCUT2D eigenvalue weighted by molar-refractivity contribution is -0.128. The summed E-state index contributed by atoms with van der Waals surface area (Å²) < 4.78 is 5.87. The topological polar surface area (TPSA) is 29.5 Å². The van der Waals surface area contributed by atoms with Gasteiger partial charge in [-0.15, -0.1) is 0 Å². The lowest BCUT2D eigenvalue weighted by Crippen LogP contribution is -2.52. The maximum absolute atomic E-state index is 12.2. The lowest BCUT2D eigenvalue weighted by Gasteiger charge is -2.41. The number of carbonyl (C=O) groups is 1. The number of rotatable bonds is 4. The Labute approximate surface area is 125 Å². The molecule has 0 radical (unpaired) electrons. The van der Waals surface area contributed by atoms with Gasteiger partial charge in [0, 0.05) is 36.6 Å². The number of halogens is 1. The predicted molar refractivity (Wildman–Crippen MR) is 81.5 cm³/mol. The highest BCUT2D eigenvalue weighted by atomic mass is 35.5. The van der Waals surface area contributed by atoms with Crippen LogP contribution in [0.2, 0.25) is 5.02 Å². The third kappa shape index (κ3) is 4.30. The first-order valence-corrected chi connectivity index (χ1v) is 7.42. The van der Waals surface area contributed by atoms with Crippen molar-refractivity contribution in [3.8, 4) is 0 Å². The number of hydrogen-bond acceptors (Lipinski definition) is 3. The molecule has 0 spiro atoms.